The van der Waals surface area contributed by atoms with Crippen molar-refractivity contribution in [2.45, 2.75) is 12.0 Å². The fraction of sp³-hybridized carbons (Fsp3) is 0.400. The van der Waals surface area contributed by atoms with Gasteiger partial charge in [-0.3, -0.25) is 4.79 Å². The number of carboxylic acids is 1. The summed E-state index contributed by atoms with van der Waals surface area (Å²) in [5.74, 6) is -0.190. The maximum Gasteiger partial charge on any atom is 0.330 e. The highest BCUT2D eigenvalue weighted by molar-refractivity contribution is 7.99. The van der Waals surface area contributed by atoms with Crippen LogP contribution in [0.5, 0.6) is 0 Å². The van der Waals surface area contributed by atoms with Gasteiger partial charge in [0.2, 0.25) is 0 Å². The van der Waals surface area contributed by atoms with E-state index in [9.17, 15) is 9.59 Å². The normalized spacial score (nSPS) is 24.2. The van der Waals surface area contributed by atoms with Gasteiger partial charge in [0.1, 0.15) is 5.54 Å². The topological polar surface area (TPSA) is 79.5 Å². The molecule has 1 fully saturated rings. The second-order valence-electron chi connectivity index (χ2n) is 3.62. The molecule has 0 bridgehead atoms. The number of hydrogen-bond donors (Lipinski definition) is 2. The molecule has 0 radical (unpaired) electrons. The Labute approximate surface area is 96.2 Å². The molecule has 1 aromatic heterocycles. The minimum absolute atomic E-state index is 0.137. The monoisotopic (exact) mass is 241 g/mol. The lowest BCUT2D eigenvalue weighted by molar-refractivity contribution is -0.143. The number of carbonyl (C=O) groups is 2. The molecule has 16 heavy (non-hydrogen) atoms. The Hall–Kier alpha value is -1.43. The van der Waals surface area contributed by atoms with E-state index in [4.69, 9.17) is 9.52 Å². The quantitative estimate of drug-likeness (QED) is 0.824. The van der Waals surface area contributed by atoms with Crippen molar-refractivity contribution in [1.82, 2.24) is 5.32 Å². The Morgan fingerprint density at radius 1 is 1.56 bits per heavy atom. The molecular weight excluding hydrogens is 230 g/mol. The molecule has 2 rings (SSSR count). The number of rotatable bonds is 3. The van der Waals surface area contributed by atoms with Gasteiger partial charge in [-0.25, -0.2) is 4.79 Å². The number of nitrogens with one attached hydrogen (secondary N) is 1. The average Bonchev–Trinajstić information content (AvgIpc) is 2.88. The van der Waals surface area contributed by atoms with Crippen LogP contribution in [0.3, 0.4) is 0 Å². The van der Waals surface area contributed by atoms with Crippen LogP contribution in [0.25, 0.3) is 0 Å². The zero-order chi connectivity index (χ0) is 11.6. The molecule has 1 aliphatic heterocycles. The van der Waals surface area contributed by atoms with E-state index < -0.39 is 17.4 Å². The molecule has 0 aromatic carbocycles. The Morgan fingerprint density at radius 3 is 2.88 bits per heavy atom. The van der Waals surface area contributed by atoms with Gasteiger partial charge < -0.3 is 14.8 Å². The highest BCUT2D eigenvalue weighted by Crippen LogP contribution is 2.28. The van der Waals surface area contributed by atoms with E-state index >= 15 is 0 Å². The molecule has 1 unspecified atom stereocenters. The molecule has 0 spiro atoms. The van der Waals surface area contributed by atoms with Crippen LogP contribution in [0.15, 0.2) is 22.8 Å². The zero-order valence-electron chi connectivity index (χ0n) is 8.43. The van der Waals surface area contributed by atoms with Crippen LogP contribution in [0.4, 0.5) is 0 Å². The van der Waals surface area contributed by atoms with Crippen LogP contribution in [0, 0.1) is 0 Å². The van der Waals surface area contributed by atoms with E-state index in [0.29, 0.717) is 12.2 Å². The summed E-state index contributed by atoms with van der Waals surface area (Å²) in [5.41, 5.74) is -1.14. The third-order valence-electron chi connectivity index (χ3n) is 2.53. The maximum absolute atomic E-state index is 11.7. The number of carboxylic acid groups (broad SMARTS) is 1. The molecule has 86 valence electrons. The summed E-state index contributed by atoms with van der Waals surface area (Å²) in [5, 5.41) is 11.7. The summed E-state index contributed by atoms with van der Waals surface area (Å²) in [6.45, 7) is 0. The Bertz CT molecular complexity index is 395. The largest absolute Gasteiger partial charge is 0.479 e. The zero-order valence-corrected chi connectivity index (χ0v) is 9.25. The van der Waals surface area contributed by atoms with Crippen molar-refractivity contribution in [3.8, 4) is 0 Å². The molecule has 2 N–H and O–H groups in total. The Morgan fingerprint density at radius 2 is 2.38 bits per heavy atom. The van der Waals surface area contributed by atoms with E-state index in [1.165, 1.54) is 24.1 Å². The lowest BCUT2D eigenvalue weighted by atomic mass is 9.99. The van der Waals surface area contributed by atoms with E-state index in [0.717, 1.165) is 5.75 Å². The van der Waals surface area contributed by atoms with Crippen molar-refractivity contribution in [2.24, 2.45) is 0 Å². The molecular formula is C10H11NO4S. The fourth-order valence-corrected chi connectivity index (χ4v) is 2.90. The summed E-state index contributed by atoms with van der Waals surface area (Å²) in [6, 6.07) is 3.10. The van der Waals surface area contributed by atoms with Gasteiger partial charge in [-0.1, -0.05) is 0 Å². The van der Waals surface area contributed by atoms with Crippen molar-refractivity contribution in [3.63, 3.8) is 0 Å². The van der Waals surface area contributed by atoms with Crippen LogP contribution < -0.4 is 5.32 Å². The second-order valence-corrected chi connectivity index (χ2v) is 4.73. The van der Waals surface area contributed by atoms with Gasteiger partial charge in [0.05, 0.1) is 6.26 Å². The van der Waals surface area contributed by atoms with Crippen LogP contribution in [-0.4, -0.2) is 34.0 Å². The second kappa shape index (κ2) is 4.21. The van der Waals surface area contributed by atoms with Gasteiger partial charge in [0.25, 0.3) is 5.91 Å². The molecule has 0 saturated carbocycles. The van der Waals surface area contributed by atoms with Gasteiger partial charge in [-0.05, 0) is 24.3 Å². The van der Waals surface area contributed by atoms with Crippen LogP contribution in [-0.2, 0) is 4.79 Å². The van der Waals surface area contributed by atoms with Gasteiger partial charge in [0, 0.05) is 5.75 Å². The number of hydrogen-bond acceptors (Lipinski definition) is 4. The van der Waals surface area contributed by atoms with Gasteiger partial charge in [-0.2, -0.15) is 11.8 Å². The minimum atomic E-state index is -1.14. The SMILES string of the molecule is O=C(NC1(C(=O)O)CCSC1)c1ccco1. The van der Waals surface area contributed by atoms with Crippen LogP contribution in [0.1, 0.15) is 17.0 Å². The predicted octanol–water partition coefficient (Wildman–Crippen LogP) is 0.970. The Balaban J connectivity index is 2.13. The lowest BCUT2D eigenvalue weighted by Crippen LogP contribution is -2.54. The highest BCUT2D eigenvalue weighted by Gasteiger charge is 2.43. The standard InChI is InChI=1S/C10H11NO4S/c12-8(7-2-1-4-15-7)11-10(9(13)14)3-5-16-6-10/h1-2,4H,3,5-6H2,(H,11,12)(H,13,14). The van der Waals surface area contributed by atoms with Gasteiger partial charge in [-0.15, -0.1) is 0 Å². The summed E-state index contributed by atoms with van der Waals surface area (Å²) in [7, 11) is 0. The lowest BCUT2D eigenvalue weighted by Gasteiger charge is -2.23. The van der Waals surface area contributed by atoms with E-state index in [2.05, 4.69) is 5.32 Å². The van der Waals surface area contributed by atoms with Gasteiger partial charge in [0.15, 0.2) is 5.76 Å². The number of furan rings is 1. The van der Waals surface area contributed by atoms with E-state index in [1.54, 1.807) is 6.07 Å². The number of thioether (sulfide) groups is 1. The first-order valence-electron chi connectivity index (χ1n) is 4.81. The smallest absolute Gasteiger partial charge is 0.330 e. The van der Waals surface area contributed by atoms with E-state index in [1.807, 2.05) is 0 Å². The maximum atomic E-state index is 11.7. The van der Waals surface area contributed by atoms with Crippen molar-refractivity contribution in [3.05, 3.63) is 24.2 Å². The number of amides is 1. The third kappa shape index (κ3) is 1.92. The van der Waals surface area contributed by atoms with Crippen LogP contribution >= 0.6 is 11.8 Å². The summed E-state index contributed by atoms with van der Waals surface area (Å²) in [4.78, 5) is 22.9. The molecule has 1 aromatic rings. The highest BCUT2D eigenvalue weighted by atomic mass is 32.2. The average molecular weight is 241 g/mol. The summed E-state index contributed by atoms with van der Waals surface area (Å²) < 4.78 is 4.92. The molecule has 5 nitrogen and oxygen atoms in total. The summed E-state index contributed by atoms with van der Waals surface area (Å²) in [6.07, 6.45) is 1.82. The first kappa shape index (κ1) is 11.1. The molecule has 1 amide bonds. The molecule has 2 heterocycles. The van der Waals surface area contributed by atoms with Crippen molar-refractivity contribution in [2.75, 3.05) is 11.5 Å². The first-order chi connectivity index (χ1) is 7.64. The minimum Gasteiger partial charge on any atom is -0.479 e. The third-order valence-corrected chi connectivity index (χ3v) is 3.72. The van der Waals surface area contributed by atoms with Crippen molar-refractivity contribution >= 4 is 23.6 Å². The van der Waals surface area contributed by atoms with Crippen molar-refractivity contribution in [1.29, 1.82) is 0 Å². The predicted molar refractivity (Wildman–Crippen MR) is 58.5 cm³/mol. The Kier molecular flexibility index (Phi) is 2.91. The number of aliphatic carboxylic acids is 1. The van der Waals surface area contributed by atoms with E-state index in [-0.39, 0.29) is 5.76 Å². The van der Waals surface area contributed by atoms with Crippen LogP contribution in [0.2, 0.25) is 0 Å². The summed E-state index contributed by atoms with van der Waals surface area (Å²) >= 11 is 1.52. The molecule has 1 saturated heterocycles. The molecule has 1 atom stereocenters. The molecule has 1 aliphatic rings. The van der Waals surface area contributed by atoms with Crippen molar-refractivity contribution < 1.29 is 19.1 Å². The first-order valence-corrected chi connectivity index (χ1v) is 5.97. The number of carbonyl (C=O) groups excluding carboxylic acids is 1. The molecule has 0 aliphatic carbocycles. The molecule has 6 heteroatoms. The fourth-order valence-electron chi connectivity index (χ4n) is 1.57. The van der Waals surface area contributed by atoms with Gasteiger partial charge >= 0.3 is 5.97 Å².